The molecule has 0 N–H and O–H groups in total. The van der Waals surface area contributed by atoms with Crippen molar-refractivity contribution >= 4 is 5.97 Å². The van der Waals surface area contributed by atoms with E-state index in [1.165, 1.54) is 4.68 Å². The van der Waals surface area contributed by atoms with Gasteiger partial charge in [-0.05, 0) is 26.0 Å². The van der Waals surface area contributed by atoms with E-state index in [0.717, 1.165) is 5.69 Å². The SMILES string of the molecule is Cc1cc(-c2c(C(=O)[O-])c(C)nn2-c2ccccc2)no1. The highest BCUT2D eigenvalue weighted by Crippen LogP contribution is 2.28. The van der Waals surface area contributed by atoms with Crippen LogP contribution in [0.5, 0.6) is 0 Å². The summed E-state index contributed by atoms with van der Waals surface area (Å²) in [5.74, 6) is -0.696. The summed E-state index contributed by atoms with van der Waals surface area (Å²) in [7, 11) is 0. The fraction of sp³-hybridized carbons (Fsp3) is 0.133. The van der Waals surface area contributed by atoms with Crippen molar-refractivity contribution in [1.82, 2.24) is 14.9 Å². The first-order valence-electron chi connectivity index (χ1n) is 6.38. The smallest absolute Gasteiger partial charge is 0.134 e. The molecular formula is C15H12N3O3-. The quantitative estimate of drug-likeness (QED) is 0.727. The van der Waals surface area contributed by atoms with Gasteiger partial charge in [0.15, 0.2) is 0 Å². The third-order valence-electron chi connectivity index (χ3n) is 3.14. The Bertz CT molecular complexity index is 803. The number of carboxylic acid groups (broad SMARTS) is 1. The van der Waals surface area contributed by atoms with Crippen molar-refractivity contribution < 1.29 is 14.4 Å². The van der Waals surface area contributed by atoms with E-state index in [4.69, 9.17) is 4.52 Å². The molecule has 0 unspecified atom stereocenters. The molecule has 2 heterocycles. The Kier molecular flexibility index (Phi) is 3.06. The van der Waals surface area contributed by atoms with Crippen molar-refractivity contribution in [2.75, 3.05) is 0 Å². The van der Waals surface area contributed by atoms with E-state index >= 15 is 0 Å². The zero-order valence-corrected chi connectivity index (χ0v) is 11.5. The molecule has 0 amide bonds. The molecule has 0 aliphatic rings. The Morgan fingerprint density at radius 2 is 1.95 bits per heavy atom. The number of rotatable bonds is 3. The van der Waals surface area contributed by atoms with Crippen molar-refractivity contribution in [3.8, 4) is 17.1 Å². The van der Waals surface area contributed by atoms with Crippen LogP contribution >= 0.6 is 0 Å². The number of carboxylic acids is 1. The van der Waals surface area contributed by atoms with Crippen LogP contribution in [0.2, 0.25) is 0 Å². The summed E-state index contributed by atoms with van der Waals surface area (Å²) in [6, 6.07) is 10.9. The molecular weight excluding hydrogens is 270 g/mol. The van der Waals surface area contributed by atoms with E-state index in [-0.39, 0.29) is 5.56 Å². The largest absolute Gasteiger partial charge is 0.545 e. The van der Waals surface area contributed by atoms with Gasteiger partial charge in [0.1, 0.15) is 17.1 Å². The Morgan fingerprint density at radius 1 is 1.24 bits per heavy atom. The number of nitrogens with zero attached hydrogens (tertiary/aromatic N) is 3. The Hall–Kier alpha value is -2.89. The van der Waals surface area contributed by atoms with Crippen molar-refractivity contribution in [1.29, 1.82) is 0 Å². The third-order valence-corrected chi connectivity index (χ3v) is 3.14. The number of benzene rings is 1. The lowest BCUT2D eigenvalue weighted by molar-refractivity contribution is -0.255. The third kappa shape index (κ3) is 2.20. The minimum atomic E-state index is -1.29. The number of hydrogen-bond acceptors (Lipinski definition) is 5. The van der Waals surface area contributed by atoms with Crippen LogP contribution in [0, 0.1) is 13.8 Å². The minimum Gasteiger partial charge on any atom is -0.545 e. The van der Waals surface area contributed by atoms with Gasteiger partial charge in [0.2, 0.25) is 0 Å². The monoisotopic (exact) mass is 282 g/mol. The molecule has 0 aliphatic heterocycles. The van der Waals surface area contributed by atoms with Gasteiger partial charge in [0.05, 0.1) is 17.4 Å². The average molecular weight is 282 g/mol. The molecule has 0 spiro atoms. The van der Waals surface area contributed by atoms with Crippen LogP contribution in [0.1, 0.15) is 21.8 Å². The molecule has 2 aromatic heterocycles. The first-order valence-corrected chi connectivity index (χ1v) is 6.38. The standard InChI is InChI=1S/C15H13N3O3/c1-9-8-12(17-21-9)14-13(15(19)20)10(2)16-18(14)11-6-4-3-5-7-11/h3-8H,1-2H3,(H,19,20)/p-1. The Balaban J connectivity index is 2.31. The van der Waals surface area contributed by atoms with Gasteiger partial charge in [-0.1, -0.05) is 23.4 Å². The van der Waals surface area contributed by atoms with E-state index in [2.05, 4.69) is 10.3 Å². The average Bonchev–Trinajstić information content (AvgIpc) is 3.03. The normalized spacial score (nSPS) is 10.8. The molecule has 0 saturated carbocycles. The molecule has 0 fully saturated rings. The van der Waals surface area contributed by atoms with Crippen molar-refractivity contribution in [3.63, 3.8) is 0 Å². The molecule has 106 valence electrons. The minimum absolute atomic E-state index is 0.0205. The van der Waals surface area contributed by atoms with Crippen LogP contribution in [0.3, 0.4) is 0 Å². The second-order valence-corrected chi connectivity index (χ2v) is 4.67. The number of hydrogen-bond donors (Lipinski definition) is 0. The van der Waals surface area contributed by atoms with Gasteiger partial charge < -0.3 is 14.4 Å². The van der Waals surface area contributed by atoms with Crippen LogP contribution in [0.15, 0.2) is 40.9 Å². The second-order valence-electron chi connectivity index (χ2n) is 4.67. The number of aromatic nitrogens is 3. The summed E-state index contributed by atoms with van der Waals surface area (Å²) < 4.78 is 6.59. The van der Waals surface area contributed by atoms with Gasteiger partial charge in [0.25, 0.3) is 0 Å². The molecule has 6 nitrogen and oxygen atoms in total. The lowest BCUT2D eigenvalue weighted by Gasteiger charge is -2.07. The maximum Gasteiger partial charge on any atom is 0.134 e. The number of para-hydroxylation sites is 1. The van der Waals surface area contributed by atoms with Crippen molar-refractivity contribution in [2.24, 2.45) is 0 Å². The molecule has 0 bridgehead atoms. The van der Waals surface area contributed by atoms with E-state index in [1.54, 1.807) is 19.9 Å². The molecule has 3 rings (SSSR count). The molecule has 0 atom stereocenters. The highest BCUT2D eigenvalue weighted by atomic mass is 16.5. The summed E-state index contributed by atoms with van der Waals surface area (Å²) in [6.45, 7) is 3.37. The highest BCUT2D eigenvalue weighted by Gasteiger charge is 2.21. The van der Waals surface area contributed by atoms with Crippen LogP contribution < -0.4 is 5.11 Å². The molecule has 21 heavy (non-hydrogen) atoms. The van der Waals surface area contributed by atoms with Crippen LogP contribution in [0.25, 0.3) is 17.1 Å². The fourth-order valence-electron chi connectivity index (χ4n) is 2.24. The van der Waals surface area contributed by atoms with Crippen LogP contribution in [-0.2, 0) is 0 Å². The summed E-state index contributed by atoms with van der Waals surface area (Å²) in [5, 5.41) is 19.6. The number of carbonyl (C=O) groups excluding carboxylic acids is 1. The van der Waals surface area contributed by atoms with E-state index in [9.17, 15) is 9.90 Å². The van der Waals surface area contributed by atoms with Gasteiger partial charge in [-0.2, -0.15) is 5.10 Å². The van der Waals surface area contributed by atoms with Gasteiger partial charge in [-0.15, -0.1) is 0 Å². The number of aromatic carboxylic acids is 1. The first-order chi connectivity index (χ1) is 10.1. The molecule has 0 aliphatic carbocycles. The molecule has 1 aromatic carbocycles. The predicted octanol–water partition coefficient (Wildman–Crippen LogP) is 1.51. The maximum atomic E-state index is 11.4. The van der Waals surface area contributed by atoms with E-state index in [0.29, 0.717) is 22.8 Å². The number of aryl methyl sites for hydroxylation is 2. The predicted molar refractivity (Wildman–Crippen MR) is 72.9 cm³/mol. The second kappa shape index (κ2) is 4.90. The zero-order chi connectivity index (χ0) is 15.0. The van der Waals surface area contributed by atoms with Gasteiger partial charge in [-0.25, -0.2) is 4.68 Å². The molecule has 0 radical (unpaired) electrons. The molecule has 0 saturated heterocycles. The van der Waals surface area contributed by atoms with Crippen molar-refractivity contribution in [2.45, 2.75) is 13.8 Å². The van der Waals surface area contributed by atoms with E-state index in [1.807, 2.05) is 30.3 Å². The summed E-state index contributed by atoms with van der Waals surface area (Å²) in [5.41, 5.74) is 1.90. The molecule has 6 heteroatoms. The summed E-state index contributed by atoms with van der Waals surface area (Å²) in [4.78, 5) is 11.4. The Morgan fingerprint density at radius 3 is 2.52 bits per heavy atom. The lowest BCUT2D eigenvalue weighted by Crippen LogP contribution is -2.23. The first kappa shape index (κ1) is 13.1. The Labute approximate surface area is 120 Å². The van der Waals surface area contributed by atoms with Gasteiger partial charge >= 0.3 is 0 Å². The summed E-state index contributed by atoms with van der Waals surface area (Å²) in [6.07, 6.45) is 0. The summed E-state index contributed by atoms with van der Waals surface area (Å²) >= 11 is 0. The highest BCUT2D eigenvalue weighted by molar-refractivity contribution is 5.94. The van der Waals surface area contributed by atoms with Crippen molar-refractivity contribution in [3.05, 3.63) is 53.4 Å². The maximum absolute atomic E-state index is 11.4. The number of carbonyl (C=O) groups is 1. The fourth-order valence-corrected chi connectivity index (χ4v) is 2.24. The van der Waals surface area contributed by atoms with Crippen LogP contribution in [-0.4, -0.2) is 20.9 Å². The van der Waals surface area contributed by atoms with Gasteiger partial charge in [0, 0.05) is 11.6 Å². The van der Waals surface area contributed by atoms with Crippen LogP contribution in [0.4, 0.5) is 0 Å². The van der Waals surface area contributed by atoms with E-state index < -0.39 is 5.97 Å². The van der Waals surface area contributed by atoms with Gasteiger partial charge in [-0.3, -0.25) is 0 Å². The zero-order valence-electron chi connectivity index (χ0n) is 11.5. The molecule has 3 aromatic rings. The lowest BCUT2D eigenvalue weighted by atomic mass is 10.1. The topological polar surface area (TPSA) is 84.0 Å².